The lowest BCUT2D eigenvalue weighted by Crippen LogP contribution is -2.27. The minimum Gasteiger partial charge on any atom is -0.465 e. The maximum atomic E-state index is 11.6. The summed E-state index contributed by atoms with van der Waals surface area (Å²) in [5, 5.41) is 0. The molecule has 0 saturated carbocycles. The molecule has 1 atom stereocenters. The zero-order chi connectivity index (χ0) is 13.1. The number of esters is 2. The molecule has 0 aliphatic carbocycles. The summed E-state index contributed by atoms with van der Waals surface area (Å²) in [6.45, 7) is 6.31. The van der Waals surface area contributed by atoms with Gasteiger partial charge >= 0.3 is 11.9 Å². The highest BCUT2D eigenvalue weighted by Gasteiger charge is 2.27. The first-order valence-corrected chi connectivity index (χ1v) is 6.50. The zero-order valence-corrected chi connectivity index (χ0v) is 11.2. The van der Waals surface area contributed by atoms with E-state index in [9.17, 15) is 9.59 Å². The van der Waals surface area contributed by atoms with Crippen molar-refractivity contribution in [2.45, 2.75) is 52.9 Å². The van der Waals surface area contributed by atoms with E-state index in [1.165, 1.54) is 0 Å². The average molecular weight is 244 g/mol. The third-order valence-electron chi connectivity index (χ3n) is 2.51. The summed E-state index contributed by atoms with van der Waals surface area (Å²) in [6.07, 6.45) is 4.63. The van der Waals surface area contributed by atoms with Crippen LogP contribution >= 0.6 is 0 Å². The van der Waals surface area contributed by atoms with Crippen molar-refractivity contribution in [1.29, 1.82) is 0 Å². The van der Waals surface area contributed by atoms with Gasteiger partial charge in [-0.05, 0) is 19.8 Å². The van der Waals surface area contributed by atoms with Gasteiger partial charge in [0.05, 0.1) is 13.2 Å². The van der Waals surface area contributed by atoms with Crippen LogP contribution in [0.1, 0.15) is 52.9 Å². The Morgan fingerprint density at radius 3 is 2.12 bits per heavy atom. The topological polar surface area (TPSA) is 52.6 Å². The molecule has 0 rings (SSSR count). The molecular weight excluding hydrogens is 220 g/mol. The quantitative estimate of drug-likeness (QED) is 0.355. The Bertz CT molecular complexity index is 225. The van der Waals surface area contributed by atoms with Gasteiger partial charge in [-0.3, -0.25) is 9.59 Å². The van der Waals surface area contributed by atoms with Gasteiger partial charge in [-0.15, -0.1) is 0 Å². The van der Waals surface area contributed by atoms with Gasteiger partial charge in [-0.25, -0.2) is 0 Å². The number of unbranched alkanes of at least 4 members (excludes halogenated alkanes) is 3. The van der Waals surface area contributed by atoms with Gasteiger partial charge in [0.2, 0.25) is 0 Å². The van der Waals surface area contributed by atoms with Crippen LogP contribution in [0.5, 0.6) is 0 Å². The standard InChI is InChI=1S/C13H24O4/c1-4-7-8-9-10-17-13(15)11(5-2)12(14)16-6-3/h11H,4-10H2,1-3H3. The molecule has 1 unspecified atom stereocenters. The average Bonchev–Trinajstić information content (AvgIpc) is 2.30. The van der Waals surface area contributed by atoms with Crippen molar-refractivity contribution in [1.82, 2.24) is 0 Å². The Morgan fingerprint density at radius 1 is 0.941 bits per heavy atom. The number of hydrogen-bond acceptors (Lipinski definition) is 4. The largest absolute Gasteiger partial charge is 0.465 e. The first-order chi connectivity index (χ1) is 8.17. The SMILES string of the molecule is CCCCCCOC(=O)C(CC)C(=O)OCC. The van der Waals surface area contributed by atoms with Crippen molar-refractivity contribution in [2.24, 2.45) is 5.92 Å². The summed E-state index contributed by atoms with van der Waals surface area (Å²) in [7, 11) is 0. The van der Waals surface area contributed by atoms with E-state index in [2.05, 4.69) is 6.92 Å². The highest BCUT2D eigenvalue weighted by molar-refractivity contribution is 5.94. The Balaban J connectivity index is 3.88. The lowest BCUT2D eigenvalue weighted by Gasteiger charge is -2.12. The number of carbonyl (C=O) groups is 2. The molecule has 100 valence electrons. The minimum atomic E-state index is -0.763. The Morgan fingerprint density at radius 2 is 1.59 bits per heavy atom. The second kappa shape index (κ2) is 10.1. The first-order valence-electron chi connectivity index (χ1n) is 6.50. The van der Waals surface area contributed by atoms with Gasteiger partial charge in [-0.1, -0.05) is 33.1 Å². The Kier molecular flexibility index (Phi) is 9.49. The van der Waals surface area contributed by atoms with Crippen molar-refractivity contribution in [2.75, 3.05) is 13.2 Å². The molecule has 4 heteroatoms. The van der Waals surface area contributed by atoms with Crippen molar-refractivity contribution in [3.8, 4) is 0 Å². The number of ether oxygens (including phenoxy) is 2. The maximum Gasteiger partial charge on any atom is 0.320 e. The molecule has 0 spiro atoms. The van der Waals surface area contributed by atoms with Crippen LogP contribution in [0.3, 0.4) is 0 Å². The predicted octanol–water partition coefficient (Wildman–Crippen LogP) is 2.70. The summed E-state index contributed by atoms with van der Waals surface area (Å²) in [4.78, 5) is 23.0. The maximum absolute atomic E-state index is 11.6. The molecule has 0 bridgehead atoms. The van der Waals surface area contributed by atoms with Gasteiger partial charge < -0.3 is 9.47 Å². The number of carbonyl (C=O) groups excluding carboxylic acids is 2. The monoisotopic (exact) mass is 244 g/mol. The molecule has 0 amide bonds. The molecular formula is C13H24O4. The lowest BCUT2D eigenvalue weighted by molar-refractivity contribution is -0.162. The van der Waals surface area contributed by atoms with Crippen LogP contribution in [0.15, 0.2) is 0 Å². The van der Waals surface area contributed by atoms with E-state index in [1.807, 2.05) is 0 Å². The second-order valence-electron chi connectivity index (χ2n) is 3.94. The molecule has 0 aromatic carbocycles. The van der Waals surface area contributed by atoms with Crippen LogP contribution in [0.2, 0.25) is 0 Å². The van der Waals surface area contributed by atoms with Crippen molar-refractivity contribution >= 4 is 11.9 Å². The van der Waals surface area contributed by atoms with E-state index in [-0.39, 0.29) is 0 Å². The molecule has 0 aliphatic heterocycles. The molecule has 0 N–H and O–H groups in total. The molecule has 4 nitrogen and oxygen atoms in total. The summed E-state index contributed by atoms with van der Waals surface area (Å²) in [6, 6.07) is 0. The molecule has 0 radical (unpaired) electrons. The Hall–Kier alpha value is -1.06. The van der Waals surface area contributed by atoms with Crippen LogP contribution in [-0.4, -0.2) is 25.2 Å². The summed E-state index contributed by atoms with van der Waals surface area (Å²) >= 11 is 0. The van der Waals surface area contributed by atoms with Gasteiger partial charge in [-0.2, -0.15) is 0 Å². The smallest absolute Gasteiger partial charge is 0.320 e. The summed E-state index contributed by atoms with van der Waals surface area (Å²) < 4.78 is 9.89. The lowest BCUT2D eigenvalue weighted by atomic mass is 10.1. The van der Waals surface area contributed by atoms with E-state index >= 15 is 0 Å². The van der Waals surface area contributed by atoms with Crippen LogP contribution in [0.25, 0.3) is 0 Å². The summed E-state index contributed by atoms with van der Waals surface area (Å²) in [5.74, 6) is -1.70. The molecule has 0 aromatic rings. The molecule has 0 heterocycles. The number of hydrogen-bond donors (Lipinski definition) is 0. The van der Waals surface area contributed by atoms with Gasteiger partial charge in [0.15, 0.2) is 5.92 Å². The third kappa shape index (κ3) is 6.97. The minimum absolute atomic E-state index is 0.291. The van der Waals surface area contributed by atoms with Crippen molar-refractivity contribution < 1.29 is 19.1 Å². The fourth-order valence-electron chi connectivity index (χ4n) is 1.47. The van der Waals surface area contributed by atoms with Crippen LogP contribution in [0, 0.1) is 5.92 Å². The van der Waals surface area contributed by atoms with E-state index in [0.717, 1.165) is 25.7 Å². The van der Waals surface area contributed by atoms with Gasteiger partial charge in [0.25, 0.3) is 0 Å². The van der Waals surface area contributed by atoms with Crippen LogP contribution < -0.4 is 0 Å². The predicted molar refractivity (Wildman–Crippen MR) is 65.5 cm³/mol. The fourth-order valence-corrected chi connectivity index (χ4v) is 1.47. The van der Waals surface area contributed by atoms with E-state index < -0.39 is 17.9 Å². The highest BCUT2D eigenvalue weighted by atomic mass is 16.6. The zero-order valence-electron chi connectivity index (χ0n) is 11.2. The molecule has 0 aromatic heterocycles. The fraction of sp³-hybridized carbons (Fsp3) is 0.846. The van der Waals surface area contributed by atoms with Crippen LogP contribution in [-0.2, 0) is 19.1 Å². The van der Waals surface area contributed by atoms with Gasteiger partial charge in [0, 0.05) is 0 Å². The van der Waals surface area contributed by atoms with Crippen molar-refractivity contribution in [3.05, 3.63) is 0 Å². The molecule has 0 saturated heterocycles. The van der Waals surface area contributed by atoms with Crippen LogP contribution in [0.4, 0.5) is 0 Å². The third-order valence-corrected chi connectivity index (χ3v) is 2.51. The van der Waals surface area contributed by atoms with E-state index in [0.29, 0.717) is 19.6 Å². The Labute approximate surface area is 104 Å². The summed E-state index contributed by atoms with van der Waals surface area (Å²) in [5.41, 5.74) is 0. The van der Waals surface area contributed by atoms with Crippen molar-refractivity contribution in [3.63, 3.8) is 0 Å². The molecule has 17 heavy (non-hydrogen) atoms. The second-order valence-corrected chi connectivity index (χ2v) is 3.94. The van der Waals surface area contributed by atoms with E-state index in [1.54, 1.807) is 13.8 Å². The number of rotatable bonds is 9. The van der Waals surface area contributed by atoms with Gasteiger partial charge in [0.1, 0.15) is 0 Å². The molecule has 0 fully saturated rings. The highest BCUT2D eigenvalue weighted by Crippen LogP contribution is 2.09. The molecule has 0 aliphatic rings. The normalized spacial score (nSPS) is 11.9. The van der Waals surface area contributed by atoms with E-state index in [4.69, 9.17) is 9.47 Å². The first kappa shape index (κ1) is 15.9.